The molecular weight excluding hydrogens is 229 g/mol. The van der Waals surface area contributed by atoms with Crippen LogP contribution in [0.4, 0.5) is 0 Å². The van der Waals surface area contributed by atoms with E-state index in [1.165, 1.54) is 6.20 Å². The summed E-state index contributed by atoms with van der Waals surface area (Å²) >= 11 is 0. The molecule has 0 aromatic carbocycles. The van der Waals surface area contributed by atoms with Gasteiger partial charge in [-0.3, -0.25) is 9.55 Å². The van der Waals surface area contributed by atoms with Crippen molar-refractivity contribution in [2.75, 3.05) is 13.2 Å². The second-order valence-electron chi connectivity index (χ2n) is 3.04. The van der Waals surface area contributed by atoms with Crippen LogP contribution in [0.5, 0.6) is 0 Å². The molecule has 0 bridgehead atoms. The molecule has 0 saturated carbocycles. The maximum Gasteiger partial charge on any atom is 0.363 e. The zero-order chi connectivity index (χ0) is 12.0. The van der Waals surface area contributed by atoms with Gasteiger partial charge in [0.2, 0.25) is 0 Å². The number of pyridine rings is 1. The lowest BCUT2D eigenvalue weighted by molar-refractivity contribution is 0.150. The van der Waals surface area contributed by atoms with Crippen LogP contribution >= 0.6 is 7.60 Å². The highest BCUT2D eigenvalue weighted by atomic mass is 31.2. The minimum absolute atomic E-state index is 0.217. The van der Waals surface area contributed by atoms with E-state index in [2.05, 4.69) is 4.98 Å². The lowest BCUT2D eigenvalue weighted by Gasteiger charge is -2.22. The third kappa shape index (κ3) is 3.12. The Hall–Kier alpha value is -0.740. The van der Waals surface area contributed by atoms with E-state index in [9.17, 15) is 9.67 Å². The minimum Gasteiger partial charge on any atom is -0.376 e. The highest BCUT2D eigenvalue weighted by Crippen LogP contribution is 2.59. The molecule has 0 aliphatic heterocycles. The van der Waals surface area contributed by atoms with E-state index < -0.39 is 13.4 Å². The summed E-state index contributed by atoms with van der Waals surface area (Å²) in [6.07, 6.45) is 3.01. The highest BCUT2D eigenvalue weighted by Gasteiger charge is 2.35. The quantitative estimate of drug-likeness (QED) is 0.779. The molecule has 0 unspecified atom stereocenters. The van der Waals surface area contributed by atoms with Crippen LogP contribution in [0.25, 0.3) is 0 Å². The average molecular weight is 245 g/mol. The largest absolute Gasteiger partial charge is 0.376 e. The number of rotatable bonds is 6. The first-order valence-corrected chi connectivity index (χ1v) is 6.72. The van der Waals surface area contributed by atoms with Crippen molar-refractivity contribution >= 4 is 7.60 Å². The molecule has 6 heteroatoms. The van der Waals surface area contributed by atoms with E-state index in [1.54, 1.807) is 32.2 Å². The van der Waals surface area contributed by atoms with Crippen LogP contribution in [-0.4, -0.2) is 23.3 Å². The first-order chi connectivity index (χ1) is 7.64. The lowest BCUT2D eigenvalue weighted by atomic mass is 10.3. The van der Waals surface area contributed by atoms with Crippen molar-refractivity contribution in [1.82, 2.24) is 4.98 Å². The van der Waals surface area contributed by atoms with Gasteiger partial charge in [0.05, 0.1) is 13.2 Å². The van der Waals surface area contributed by atoms with Crippen LogP contribution in [0.2, 0.25) is 0 Å². The minimum atomic E-state index is -3.52. The van der Waals surface area contributed by atoms with Gasteiger partial charge in [-0.1, -0.05) is 6.07 Å². The third-order valence-electron chi connectivity index (χ3n) is 1.90. The van der Waals surface area contributed by atoms with Gasteiger partial charge in [0.1, 0.15) is 0 Å². The molecule has 0 spiro atoms. The fourth-order valence-electron chi connectivity index (χ4n) is 1.25. The summed E-state index contributed by atoms with van der Waals surface area (Å²) in [6, 6.07) is 3.28. The van der Waals surface area contributed by atoms with Crippen molar-refractivity contribution in [2.45, 2.75) is 19.7 Å². The summed E-state index contributed by atoms with van der Waals surface area (Å²) < 4.78 is 22.3. The first kappa shape index (κ1) is 13.3. The summed E-state index contributed by atoms with van der Waals surface area (Å²) in [6.45, 7) is 3.83. The molecule has 1 atom stereocenters. The lowest BCUT2D eigenvalue weighted by Crippen LogP contribution is -2.06. The van der Waals surface area contributed by atoms with E-state index in [1.807, 2.05) is 0 Å². The second-order valence-corrected chi connectivity index (χ2v) is 5.12. The van der Waals surface area contributed by atoms with Crippen LogP contribution in [0.15, 0.2) is 24.5 Å². The third-order valence-corrected chi connectivity index (χ3v) is 4.03. The fraction of sp³-hybridized carbons (Fsp3) is 0.500. The number of aromatic nitrogens is 1. The van der Waals surface area contributed by atoms with Gasteiger partial charge in [0.15, 0.2) is 5.85 Å². The average Bonchev–Trinajstić information content (AvgIpc) is 2.30. The predicted molar refractivity (Wildman–Crippen MR) is 60.1 cm³/mol. The van der Waals surface area contributed by atoms with E-state index in [-0.39, 0.29) is 13.2 Å². The summed E-state index contributed by atoms with van der Waals surface area (Å²) in [7, 11) is -3.52. The van der Waals surface area contributed by atoms with Gasteiger partial charge in [-0.05, 0) is 19.9 Å². The maximum atomic E-state index is 12.2. The molecule has 90 valence electrons. The normalized spacial score (nSPS) is 13.7. The van der Waals surface area contributed by atoms with E-state index >= 15 is 0 Å². The molecule has 0 saturated heterocycles. The Bertz CT molecular complexity index is 347. The smallest absolute Gasteiger partial charge is 0.363 e. The van der Waals surface area contributed by atoms with Gasteiger partial charge >= 0.3 is 7.60 Å². The molecule has 0 fully saturated rings. The Kier molecular flexibility index (Phi) is 5.09. The number of hydrogen-bond donors (Lipinski definition) is 1. The van der Waals surface area contributed by atoms with E-state index in [0.29, 0.717) is 5.56 Å². The summed E-state index contributed by atoms with van der Waals surface area (Å²) in [4.78, 5) is 3.85. The van der Waals surface area contributed by atoms with Gasteiger partial charge in [0, 0.05) is 18.0 Å². The van der Waals surface area contributed by atoms with Crippen molar-refractivity contribution in [3.8, 4) is 0 Å². The standard InChI is InChI=1S/C10H16NO4P/c1-3-14-16(13,15-4-2)10(12)9-6-5-7-11-8-9/h5-8,10,12H,3-4H2,1-2H3/t10-/m0/s1. The molecule has 1 heterocycles. The number of aliphatic hydroxyl groups is 1. The molecule has 0 aliphatic carbocycles. The van der Waals surface area contributed by atoms with Gasteiger partial charge in [0.25, 0.3) is 0 Å². The van der Waals surface area contributed by atoms with Crippen molar-refractivity contribution in [1.29, 1.82) is 0 Å². The topological polar surface area (TPSA) is 68.7 Å². The number of hydrogen-bond acceptors (Lipinski definition) is 5. The van der Waals surface area contributed by atoms with Crippen molar-refractivity contribution in [3.63, 3.8) is 0 Å². The first-order valence-electron chi connectivity index (χ1n) is 5.10. The van der Waals surface area contributed by atoms with E-state index in [0.717, 1.165) is 0 Å². The number of nitrogens with zero attached hydrogens (tertiary/aromatic N) is 1. The van der Waals surface area contributed by atoms with Crippen LogP contribution in [0, 0.1) is 0 Å². The monoisotopic (exact) mass is 245 g/mol. The molecule has 0 amide bonds. The fourth-order valence-corrected chi connectivity index (χ4v) is 2.84. The zero-order valence-corrected chi connectivity index (χ0v) is 10.3. The Balaban J connectivity index is 2.91. The van der Waals surface area contributed by atoms with Crippen LogP contribution in [0.1, 0.15) is 25.3 Å². The molecule has 5 nitrogen and oxygen atoms in total. The Morgan fingerprint density at radius 3 is 2.50 bits per heavy atom. The summed E-state index contributed by atoms with van der Waals surface area (Å²) in [5, 5.41) is 9.95. The van der Waals surface area contributed by atoms with Crippen LogP contribution in [-0.2, 0) is 13.6 Å². The summed E-state index contributed by atoms with van der Waals surface area (Å²) in [5.74, 6) is -1.29. The zero-order valence-electron chi connectivity index (χ0n) is 9.37. The van der Waals surface area contributed by atoms with Crippen molar-refractivity contribution in [2.24, 2.45) is 0 Å². The Morgan fingerprint density at radius 1 is 1.44 bits per heavy atom. The molecule has 1 aromatic heterocycles. The van der Waals surface area contributed by atoms with Crippen molar-refractivity contribution in [3.05, 3.63) is 30.1 Å². The molecule has 1 rings (SSSR count). The Morgan fingerprint density at radius 2 is 2.06 bits per heavy atom. The molecule has 0 aliphatic rings. The molecule has 1 N–H and O–H groups in total. The molecule has 0 radical (unpaired) electrons. The highest BCUT2D eigenvalue weighted by molar-refractivity contribution is 7.54. The predicted octanol–water partition coefficient (Wildman–Crippen LogP) is 2.34. The van der Waals surface area contributed by atoms with Crippen LogP contribution in [0.3, 0.4) is 0 Å². The SMILES string of the molecule is CCOP(=O)(OCC)[C@H](O)c1cccnc1. The van der Waals surface area contributed by atoms with Crippen LogP contribution < -0.4 is 0 Å². The molecule has 16 heavy (non-hydrogen) atoms. The summed E-state index contributed by atoms with van der Waals surface area (Å²) in [5.41, 5.74) is 0.424. The molecule has 1 aromatic rings. The van der Waals surface area contributed by atoms with Gasteiger partial charge in [-0.25, -0.2) is 0 Å². The van der Waals surface area contributed by atoms with Gasteiger partial charge in [-0.2, -0.15) is 0 Å². The Labute approximate surface area is 95.0 Å². The van der Waals surface area contributed by atoms with Gasteiger partial charge < -0.3 is 14.2 Å². The van der Waals surface area contributed by atoms with Crippen molar-refractivity contribution < 1.29 is 18.7 Å². The second kappa shape index (κ2) is 6.11. The maximum absolute atomic E-state index is 12.2. The van der Waals surface area contributed by atoms with Gasteiger partial charge in [-0.15, -0.1) is 0 Å². The molecular formula is C10H16NO4P. The number of aliphatic hydroxyl groups excluding tert-OH is 1. The van der Waals surface area contributed by atoms with E-state index in [4.69, 9.17) is 9.05 Å².